The van der Waals surface area contributed by atoms with Gasteiger partial charge in [0.2, 0.25) is 0 Å². The monoisotopic (exact) mass is 235 g/mol. The molecule has 1 rings (SSSR count). The number of hydrogen-bond acceptors (Lipinski definition) is 1. The number of aryl methyl sites for hydroxylation is 1. The van der Waals surface area contributed by atoms with Crippen molar-refractivity contribution in [3.05, 3.63) is 27.5 Å². The fourth-order valence-electron chi connectivity index (χ4n) is 0.588. The first-order chi connectivity index (χ1) is 5.18. The lowest BCUT2D eigenvalue weighted by atomic mass is 10.4. The van der Waals surface area contributed by atoms with Crippen LogP contribution in [0.15, 0.2) is 16.6 Å². The predicted octanol–water partition coefficient (Wildman–Crippen LogP) is 3.83. The molecule has 0 spiro atoms. The molecule has 0 unspecified atom stereocenters. The van der Waals surface area contributed by atoms with Crippen molar-refractivity contribution in [2.45, 2.75) is 20.8 Å². The molecule has 0 aliphatic carbocycles. The zero-order valence-electron chi connectivity index (χ0n) is 6.86. The average Bonchev–Trinajstić information content (AvgIpc) is 1.88. The zero-order valence-corrected chi connectivity index (χ0v) is 9.20. The number of rotatable bonds is 0. The smallest absolute Gasteiger partial charge is 0.130 e. The average molecular weight is 237 g/mol. The van der Waals surface area contributed by atoms with Crippen LogP contribution in [0.2, 0.25) is 5.15 Å². The molecule has 1 nitrogen and oxygen atoms in total. The van der Waals surface area contributed by atoms with Crippen LogP contribution in [0.5, 0.6) is 0 Å². The van der Waals surface area contributed by atoms with Crippen LogP contribution in [0.25, 0.3) is 0 Å². The quantitative estimate of drug-likeness (QED) is 0.624. The van der Waals surface area contributed by atoms with Crippen LogP contribution in [0.1, 0.15) is 19.5 Å². The third-order valence-corrected chi connectivity index (χ3v) is 1.54. The zero-order chi connectivity index (χ0) is 8.85. The Labute approximate surface area is 80.9 Å². The molecule has 62 valence electrons. The molecule has 1 aromatic heterocycles. The lowest BCUT2D eigenvalue weighted by Crippen LogP contribution is -1.79. The molecule has 0 radical (unpaired) electrons. The SMILES string of the molecule is CC.Cc1cc(Br)cc(Cl)n1. The Kier molecular flexibility index (Phi) is 5.51. The largest absolute Gasteiger partial charge is 0.241 e. The molecule has 0 saturated heterocycles. The summed E-state index contributed by atoms with van der Waals surface area (Å²) in [6.45, 7) is 5.90. The second kappa shape index (κ2) is 5.56. The van der Waals surface area contributed by atoms with Crippen LogP contribution in [-0.2, 0) is 0 Å². The number of nitrogens with zero attached hydrogens (tertiary/aromatic N) is 1. The fourth-order valence-corrected chi connectivity index (χ4v) is 1.52. The fraction of sp³-hybridized carbons (Fsp3) is 0.375. The molecule has 0 N–H and O–H groups in total. The van der Waals surface area contributed by atoms with Crippen LogP contribution in [0, 0.1) is 6.92 Å². The molecule has 0 aliphatic rings. The lowest BCUT2D eigenvalue weighted by Gasteiger charge is -1.93. The van der Waals surface area contributed by atoms with E-state index in [0.29, 0.717) is 5.15 Å². The van der Waals surface area contributed by atoms with Crippen LogP contribution in [-0.4, -0.2) is 4.98 Å². The Hall–Kier alpha value is -0.0800. The van der Waals surface area contributed by atoms with E-state index in [2.05, 4.69) is 20.9 Å². The highest BCUT2D eigenvalue weighted by Gasteiger charge is 1.92. The van der Waals surface area contributed by atoms with Crippen molar-refractivity contribution in [3.63, 3.8) is 0 Å². The minimum atomic E-state index is 0.530. The van der Waals surface area contributed by atoms with Gasteiger partial charge in [0.1, 0.15) is 5.15 Å². The van der Waals surface area contributed by atoms with E-state index in [-0.39, 0.29) is 0 Å². The number of hydrogen-bond donors (Lipinski definition) is 0. The van der Waals surface area contributed by atoms with E-state index in [4.69, 9.17) is 11.6 Å². The predicted molar refractivity (Wildman–Crippen MR) is 53.0 cm³/mol. The molecule has 0 bridgehead atoms. The van der Waals surface area contributed by atoms with Gasteiger partial charge in [0.05, 0.1) is 0 Å². The second-order valence-corrected chi connectivity index (χ2v) is 3.05. The summed E-state index contributed by atoms with van der Waals surface area (Å²) in [7, 11) is 0. The minimum Gasteiger partial charge on any atom is -0.241 e. The van der Waals surface area contributed by atoms with Gasteiger partial charge >= 0.3 is 0 Å². The highest BCUT2D eigenvalue weighted by molar-refractivity contribution is 9.10. The van der Waals surface area contributed by atoms with Crippen LogP contribution < -0.4 is 0 Å². The normalized spacial score (nSPS) is 8.45. The van der Waals surface area contributed by atoms with Gasteiger partial charge in [0.15, 0.2) is 0 Å². The molecule has 1 aromatic rings. The van der Waals surface area contributed by atoms with Crippen molar-refractivity contribution in [2.24, 2.45) is 0 Å². The molecule has 0 fully saturated rings. The number of pyridine rings is 1. The molecule has 0 saturated carbocycles. The van der Waals surface area contributed by atoms with E-state index in [1.165, 1.54) is 0 Å². The molecule has 1 heterocycles. The Morgan fingerprint density at radius 2 is 1.91 bits per heavy atom. The molecule has 0 atom stereocenters. The maximum Gasteiger partial charge on any atom is 0.130 e. The molecular formula is C8H11BrClN. The van der Waals surface area contributed by atoms with E-state index >= 15 is 0 Å². The Morgan fingerprint density at radius 3 is 2.27 bits per heavy atom. The lowest BCUT2D eigenvalue weighted by molar-refractivity contribution is 1.19. The van der Waals surface area contributed by atoms with Crippen molar-refractivity contribution in [1.82, 2.24) is 4.98 Å². The highest BCUT2D eigenvalue weighted by Crippen LogP contribution is 2.14. The van der Waals surface area contributed by atoms with Gasteiger partial charge < -0.3 is 0 Å². The van der Waals surface area contributed by atoms with Crippen molar-refractivity contribution in [2.75, 3.05) is 0 Å². The van der Waals surface area contributed by atoms with Crippen LogP contribution in [0.3, 0.4) is 0 Å². The first-order valence-corrected chi connectivity index (χ1v) is 4.65. The maximum absolute atomic E-state index is 5.61. The standard InChI is InChI=1S/C6H5BrClN.C2H6/c1-4-2-5(7)3-6(8)9-4;1-2/h2-3H,1H3;1-2H3. The van der Waals surface area contributed by atoms with E-state index in [1.54, 1.807) is 6.07 Å². The second-order valence-electron chi connectivity index (χ2n) is 1.75. The van der Waals surface area contributed by atoms with Gasteiger partial charge in [-0.2, -0.15) is 0 Å². The molecule has 0 aromatic carbocycles. The van der Waals surface area contributed by atoms with E-state index < -0.39 is 0 Å². The highest BCUT2D eigenvalue weighted by atomic mass is 79.9. The minimum absolute atomic E-state index is 0.530. The third kappa shape index (κ3) is 4.38. The summed E-state index contributed by atoms with van der Waals surface area (Å²) in [5.74, 6) is 0. The third-order valence-electron chi connectivity index (χ3n) is 0.887. The summed E-state index contributed by atoms with van der Waals surface area (Å²) in [5, 5.41) is 0.530. The van der Waals surface area contributed by atoms with Gasteiger partial charge in [-0.25, -0.2) is 4.98 Å². The molecule has 0 aliphatic heterocycles. The van der Waals surface area contributed by atoms with Gasteiger partial charge in [-0.15, -0.1) is 0 Å². The van der Waals surface area contributed by atoms with E-state index in [9.17, 15) is 0 Å². The summed E-state index contributed by atoms with van der Waals surface area (Å²) in [6.07, 6.45) is 0. The van der Waals surface area contributed by atoms with Crippen molar-refractivity contribution in [3.8, 4) is 0 Å². The topological polar surface area (TPSA) is 12.9 Å². The molecule has 11 heavy (non-hydrogen) atoms. The number of aromatic nitrogens is 1. The summed E-state index contributed by atoms with van der Waals surface area (Å²) in [6, 6.07) is 3.67. The van der Waals surface area contributed by atoms with Gasteiger partial charge in [-0.1, -0.05) is 41.4 Å². The van der Waals surface area contributed by atoms with Crippen LogP contribution >= 0.6 is 27.5 Å². The van der Waals surface area contributed by atoms with Gasteiger partial charge in [-0.05, 0) is 19.1 Å². The van der Waals surface area contributed by atoms with Crippen molar-refractivity contribution >= 4 is 27.5 Å². The Bertz CT molecular complexity index is 175. The van der Waals surface area contributed by atoms with Crippen LogP contribution in [0.4, 0.5) is 0 Å². The molecule has 3 heteroatoms. The van der Waals surface area contributed by atoms with E-state index in [0.717, 1.165) is 10.2 Å². The van der Waals surface area contributed by atoms with Crippen molar-refractivity contribution in [1.29, 1.82) is 0 Å². The first-order valence-electron chi connectivity index (χ1n) is 3.48. The van der Waals surface area contributed by atoms with E-state index in [1.807, 2.05) is 26.8 Å². The molecular weight excluding hydrogens is 225 g/mol. The maximum atomic E-state index is 5.61. The number of halogens is 2. The summed E-state index contributed by atoms with van der Waals surface area (Å²) in [4.78, 5) is 3.97. The van der Waals surface area contributed by atoms with Gasteiger partial charge in [0.25, 0.3) is 0 Å². The summed E-state index contributed by atoms with van der Waals surface area (Å²) in [5.41, 5.74) is 0.925. The van der Waals surface area contributed by atoms with Crippen molar-refractivity contribution < 1.29 is 0 Å². The Morgan fingerprint density at radius 1 is 1.36 bits per heavy atom. The Balaban J connectivity index is 0.000000461. The van der Waals surface area contributed by atoms with Gasteiger partial charge in [-0.3, -0.25) is 0 Å². The summed E-state index contributed by atoms with van der Waals surface area (Å²) >= 11 is 8.90. The molecule has 0 amide bonds. The first kappa shape index (κ1) is 10.9. The van der Waals surface area contributed by atoms with Gasteiger partial charge in [0, 0.05) is 10.2 Å². The summed E-state index contributed by atoms with van der Waals surface area (Å²) < 4.78 is 0.972.